The molecule has 0 N–H and O–H groups in total. The Labute approximate surface area is 76.3 Å². The summed E-state index contributed by atoms with van der Waals surface area (Å²) in [5.41, 5.74) is 0. The fourth-order valence-corrected chi connectivity index (χ4v) is 2.02. The van der Waals surface area contributed by atoms with Crippen molar-refractivity contribution in [3.63, 3.8) is 0 Å². The average molecular weight is 206 g/mol. The van der Waals surface area contributed by atoms with Crippen LogP contribution in [0.5, 0.6) is 0 Å². The molecule has 0 spiro atoms. The second kappa shape index (κ2) is 5.81. The van der Waals surface area contributed by atoms with Gasteiger partial charge in [-0.15, -0.1) is 4.91 Å². The zero-order valence-corrected chi connectivity index (χ0v) is 8.36. The molecule has 74 valence electrons. The number of hydrogen-bond acceptors (Lipinski definition) is 6. The summed E-state index contributed by atoms with van der Waals surface area (Å²) in [5.74, 6) is -1.58. The molecule has 0 aromatic rings. The number of nitrogens with zero attached hydrogens (tertiary/aromatic N) is 2. The smallest absolute Gasteiger partial charge is 0.307 e. The monoisotopic (exact) mass is 206 g/mol. The van der Waals surface area contributed by atoms with Crippen LogP contribution in [0.2, 0.25) is 0 Å². The molecule has 0 heterocycles. The van der Waals surface area contributed by atoms with Crippen molar-refractivity contribution < 1.29 is 13.6 Å². The van der Waals surface area contributed by atoms with Gasteiger partial charge in [0, 0.05) is 0 Å². The lowest BCUT2D eigenvalue weighted by molar-refractivity contribution is 0.216. The van der Waals surface area contributed by atoms with Crippen LogP contribution in [-0.2, 0) is 13.6 Å². The minimum Gasteiger partial charge on any atom is -0.307 e. The highest BCUT2D eigenvalue weighted by molar-refractivity contribution is 7.54. The van der Waals surface area contributed by atoms with Gasteiger partial charge in [-0.25, -0.2) is 0 Å². The summed E-state index contributed by atoms with van der Waals surface area (Å²) in [6.07, 6.45) is 0. The summed E-state index contributed by atoms with van der Waals surface area (Å²) in [4.78, 5) is 10.1. The van der Waals surface area contributed by atoms with Crippen molar-refractivity contribution in [2.75, 3.05) is 13.2 Å². The van der Waals surface area contributed by atoms with E-state index < -0.39 is 13.4 Å². The minimum atomic E-state index is -3.67. The van der Waals surface area contributed by atoms with Crippen LogP contribution in [0, 0.1) is 16.2 Å². The molecule has 0 saturated carbocycles. The zero-order valence-electron chi connectivity index (χ0n) is 7.47. The first-order valence-corrected chi connectivity index (χ1v) is 5.36. The lowest BCUT2D eigenvalue weighted by Gasteiger charge is -2.16. The molecule has 0 amide bonds. The van der Waals surface area contributed by atoms with Gasteiger partial charge in [-0.3, -0.25) is 4.57 Å². The van der Waals surface area contributed by atoms with E-state index in [1.54, 1.807) is 13.8 Å². The summed E-state index contributed by atoms with van der Waals surface area (Å²) in [5, 5.41) is 10.8. The first-order valence-electron chi connectivity index (χ1n) is 3.75. The second-order valence-corrected chi connectivity index (χ2v) is 4.07. The minimum absolute atomic E-state index is 0.102. The van der Waals surface area contributed by atoms with Gasteiger partial charge in [0.1, 0.15) is 6.07 Å². The molecule has 0 saturated heterocycles. The van der Waals surface area contributed by atoms with E-state index in [1.165, 1.54) is 6.07 Å². The SMILES string of the molecule is CCOP(=O)(OCC)C(C#N)N=O. The number of rotatable bonds is 6. The summed E-state index contributed by atoms with van der Waals surface area (Å²) in [6, 6.07) is 1.47. The fourth-order valence-electron chi connectivity index (χ4n) is 0.690. The first-order chi connectivity index (χ1) is 6.14. The van der Waals surface area contributed by atoms with Gasteiger partial charge in [0.15, 0.2) is 0 Å². The first kappa shape index (κ1) is 12.2. The highest BCUT2D eigenvalue weighted by Gasteiger charge is 2.37. The van der Waals surface area contributed by atoms with Crippen molar-refractivity contribution in [2.45, 2.75) is 19.6 Å². The number of nitroso groups, excluding NO2 is 1. The Morgan fingerprint density at radius 2 is 1.92 bits per heavy atom. The van der Waals surface area contributed by atoms with E-state index in [-0.39, 0.29) is 13.2 Å². The Morgan fingerprint density at radius 1 is 1.46 bits per heavy atom. The summed E-state index contributed by atoms with van der Waals surface area (Å²) >= 11 is 0. The summed E-state index contributed by atoms with van der Waals surface area (Å²) in [6.45, 7) is 3.38. The Hall–Kier alpha value is -0.760. The molecule has 1 atom stereocenters. The Bertz CT molecular complexity index is 240. The fraction of sp³-hybridized carbons (Fsp3) is 0.833. The van der Waals surface area contributed by atoms with E-state index in [0.29, 0.717) is 0 Å². The van der Waals surface area contributed by atoms with Gasteiger partial charge in [0.25, 0.3) is 5.78 Å². The molecule has 0 aliphatic rings. The van der Waals surface area contributed by atoms with Crippen LogP contribution in [0.25, 0.3) is 0 Å². The van der Waals surface area contributed by atoms with E-state index in [0.717, 1.165) is 0 Å². The predicted octanol–water partition coefficient (Wildman–Crippen LogP) is 1.87. The molecule has 0 aliphatic heterocycles. The predicted molar refractivity (Wildman–Crippen MR) is 46.1 cm³/mol. The van der Waals surface area contributed by atoms with Crippen molar-refractivity contribution in [2.24, 2.45) is 5.18 Å². The van der Waals surface area contributed by atoms with Crippen molar-refractivity contribution >= 4 is 7.60 Å². The summed E-state index contributed by atoms with van der Waals surface area (Å²) in [7, 11) is -3.67. The molecule has 1 unspecified atom stereocenters. The van der Waals surface area contributed by atoms with E-state index in [2.05, 4.69) is 5.18 Å². The second-order valence-electron chi connectivity index (χ2n) is 1.98. The normalized spacial score (nSPS) is 13.3. The van der Waals surface area contributed by atoms with Crippen LogP contribution >= 0.6 is 7.60 Å². The molecule has 0 aliphatic carbocycles. The lowest BCUT2D eigenvalue weighted by Crippen LogP contribution is -2.08. The maximum atomic E-state index is 11.6. The van der Waals surface area contributed by atoms with E-state index in [9.17, 15) is 9.47 Å². The van der Waals surface area contributed by atoms with Crippen LogP contribution in [0.4, 0.5) is 0 Å². The Balaban J connectivity index is 4.66. The molecule has 7 heteroatoms. The number of nitriles is 1. The van der Waals surface area contributed by atoms with Crippen LogP contribution in [0.1, 0.15) is 13.8 Å². The molecular formula is C6H11N2O4P. The standard InChI is InChI=1S/C6H11N2O4P/c1-3-11-13(10,12-4-2)6(5-7)8-9/h6H,3-4H2,1-2H3. The van der Waals surface area contributed by atoms with E-state index in [4.69, 9.17) is 14.3 Å². The average Bonchev–Trinajstić information content (AvgIpc) is 2.07. The molecule has 0 fully saturated rings. The Kier molecular flexibility index (Phi) is 5.47. The molecule has 0 rings (SSSR count). The van der Waals surface area contributed by atoms with Gasteiger partial charge >= 0.3 is 7.60 Å². The molecular weight excluding hydrogens is 195 g/mol. The van der Waals surface area contributed by atoms with Crippen molar-refractivity contribution in [1.29, 1.82) is 5.26 Å². The van der Waals surface area contributed by atoms with Gasteiger partial charge < -0.3 is 9.05 Å². The third kappa shape index (κ3) is 3.23. The largest absolute Gasteiger partial charge is 0.373 e. The summed E-state index contributed by atoms with van der Waals surface area (Å²) < 4.78 is 21.1. The van der Waals surface area contributed by atoms with Crippen molar-refractivity contribution in [3.8, 4) is 6.07 Å². The Morgan fingerprint density at radius 3 is 2.15 bits per heavy atom. The van der Waals surface area contributed by atoms with Gasteiger partial charge in [-0.2, -0.15) is 5.26 Å². The van der Waals surface area contributed by atoms with Gasteiger partial charge in [-0.05, 0) is 19.0 Å². The molecule has 0 aromatic carbocycles. The third-order valence-corrected chi connectivity index (χ3v) is 3.18. The van der Waals surface area contributed by atoms with Crippen LogP contribution < -0.4 is 0 Å². The number of hydrogen-bond donors (Lipinski definition) is 0. The maximum absolute atomic E-state index is 11.6. The van der Waals surface area contributed by atoms with E-state index >= 15 is 0 Å². The quantitative estimate of drug-likeness (QED) is 0.488. The molecule has 0 radical (unpaired) electrons. The lowest BCUT2D eigenvalue weighted by atomic mass is 10.8. The topological polar surface area (TPSA) is 88.8 Å². The van der Waals surface area contributed by atoms with Crippen LogP contribution in [0.15, 0.2) is 5.18 Å². The molecule has 13 heavy (non-hydrogen) atoms. The van der Waals surface area contributed by atoms with Crippen LogP contribution in [0.3, 0.4) is 0 Å². The molecule has 0 bridgehead atoms. The van der Waals surface area contributed by atoms with E-state index in [1.807, 2.05) is 0 Å². The zero-order chi connectivity index (χ0) is 10.3. The molecule has 0 aromatic heterocycles. The van der Waals surface area contributed by atoms with Crippen molar-refractivity contribution in [3.05, 3.63) is 4.91 Å². The highest BCUT2D eigenvalue weighted by atomic mass is 31.2. The molecule has 6 nitrogen and oxygen atoms in total. The van der Waals surface area contributed by atoms with Crippen LogP contribution in [-0.4, -0.2) is 19.0 Å². The van der Waals surface area contributed by atoms with Crippen molar-refractivity contribution in [1.82, 2.24) is 0 Å². The highest BCUT2D eigenvalue weighted by Crippen LogP contribution is 2.53. The van der Waals surface area contributed by atoms with Gasteiger partial charge in [0.2, 0.25) is 0 Å². The third-order valence-electron chi connectivity index (χ3n) is 1.13. The van der Waals surface area contributed by atoms with Gasteiger partial charge in [-0.1, -0.05) is 0 Å². The maximum Gasteiger partial charge on any atom is 0.373 e. The van der Waals surface area contributed by atoms with Gasteiger partial charge in [0.05, 0.1) is 13.2 Å².